The molecule has 2 aromatic rings. The summed E-state index contributed by atoms with van der Waals surface area (Å²) in [5.74, 6) is 0.0783. The van der Waals surface area contributed by atoms with Crippen molar-refractivity contribution < 1.29 is 9.53 Å². The highest BCUT2D eigenvalue weighted by Crippen LogP contribution is 2.23. The molecule has 0 radical (unpaired) electrons. The summed E-state index contributed by atoms with van der Waals surface area (Å²) in [6.45, 7) is 6.76. The maximum atomic E-state index is 12.6. The zero-order valence-electron chi connectivity index (χ0n) is 12.5. The molecule has 1 aromatic heterocycles. The highest BCUT2D eigenvalue weighted by molar-refractivity contribution is 6.09. The Balaban J connectivity index is 2.40. The number of carbonyl (C=O) groups is 1. The summed E-state index contributed by atoms with van der Waals surface area (Å²) >= 11 is 0. The molecule has 106 valence electrons. The summed E-state index contributed by atoms with van der Waals surface area (Å²) in [5, 5.41) is 0. The number of carbonyl (C=O) groups excluding carboxylic acids is 1. The zero-order valence-corrected chi connectivity index (χ0v) is 12.5. The van der Waals surface area contributed by atoms with Gasteiger partial charge in [0.15, 0.2) is 5.78 Å². The van der Waals surface area contributed by atoms with Crippen LogP contribution in [0.15, 0.2) is 36.4 Å². The Labute approximate surface area is 120 Å². The molecule has 1 aromatic carbocycles. The van der Waals surface area contributed by atoms with Gasteiger partial charge in [-0.25, -0.2) is 0 Å². The van der Waals surface area contributed by atoms with E-state index in [1.54, 1.807) is 7.11 Å². The second-order valence-corrected chi connectivity index (χ2v) is 5.15. The first-order valence-electron chi connectivity index (χ1n) is 6.83. The summed E-state index contributed by atoms with van der Waals surface area (Å²) in [7, 11) is 1.70. The number of hydrogen-bond donors (Lipinski definition) is 0. The van der Waals surface area contributed by atoms with E-state index in [2.05, 4.69) is 11.5 Å². The quantitative estimate of drug-likeness (QED) is 0.779. The molecule has 0 N–H and O–H groups in total. The van der Waals surface area contributed by atoms with Crippen molar-refractivity contribution >= 4 is 5.78 Å². The third-order valence-corrected chi connectivity index (χ3v) is 3.61. The lowest BCUT2D eigenvalue weighted by Gasteiger charge is -2.17. The molecule has 2 rings (SSSR count). The van der Waals surface area contributed by atoms with Crippen LogP contribution >= 0.6 is 0 Å². The van der Waals surface area contributed by atoms with Gasteiger partial charge in [-0.1, -0.05) is 30.3 Å². The molecule has 0 bridgehead atoms. The Kier molecular flexibility index (Phi) is 4.40. The van der Waals surface area contributed by atoms with Crippen molar-refractivity contribution in [1.82, 2.24) is 4.57 Å². The van der Waals surface area contributed by atoms with Gasteiger partial charge in [-0.2, -0.15) is 0 Å². The molecule has 0 spiro atoms. The number of aryl methyl sites for hydroxylation is 1. The Morgan fingerprint density at radius 2 is 1.90 bits per heavy atom. The van der Waals surface area contributed by atoms with E-state index < -0.39 is 0 Å². The fourth-order valence-electron chi connectivity index (χ4n) is 2.75. The summed E-state index contributed by atoms with van der Waals surface area (Å²) in [5.41, 5.74) is 3.59. The summed E-state index contributed by atoms with van der Waals surface area (Å²) in [6, 6.07) is 11.6. The van der Waals surface area contributed by atoms with Crippen molar-refractivity contribution in [2.75, 3.05) is 13.7 Å². The minimum absolute atomic E-state index is 0.0783. The van der Waals surface area contributed by atoms with Crippen LogP contribution in [0.5, 0.6) is 0 Å². The van der Waals surface area contributed by atoms with Gasteiger partial charge in [-0.15, -0.1) is 0 Å². The molecule has 20 heavy (non-hydrogen) atoms. The number of ketones is 1. The average Bonchev–Trinajstić information content (AvgIpc) is 2.74. The fraction of sp³-hybridized carbons (Fsp3) is 0.353. The van der Waals surface area contributed by atoms with Crippen molar-refractivity contribution in [3.05, 3.63) is 58.9 Å². The zero-order chi connectivity index (χ0) is 14.7. The number of aromatic nitrogens is 1. The largest absolute Gasteiger partial charge is 0.383 e. The number of benzene rings is 1. The molecule has 3 nitrogen and oxygen atoms in total. The first-order chi connectivity index (χ1) is 9.56. The topological polar surface area (TPSA) is 31.2 Å². The second kappa shape index (κ2) is 6.06. The number of rotatable bonds is 5. The molecule has 0 aliphatic rings. The van der Waals surface area contributed by atoms with Crippen molar-refractivity contribution in [2.45, 2.75) is 26.8 Å². The third-order valence-electron chi connectivity index (χ3n) is 3.61. The first-order valence-corrected chi connectivity index (χ1v) is 6.83. The smallest absolute Gasteiger partial charge is 0.194 e. The Morgan fingerprint density at radius 3 is 2.50 bits per heavy atom. The maximum Gasteiger partial charge on any atom is 0.194 e. The van der Waals surface area contributed by atoms with Crippen LogP contribution in [0, 0.1) is 13.8 Å². The lowest BCUT2D eigenvalue weighted by molar-refractivity contribution is 0.103. The number of hydrogen-bond acceptors (Lipinski definition) is 2. The normalized spacial score (nSPS) is 12.4. The number of ether oxygens (including phenoxy) is 1. The predicted molar refractivity (Wildman–Crippen MR) is 80.4 cm³/mol. The van der Waals surface area contributed by atoms with Crippen molar-refractivity contribution in [3.8, 4) is 0 Å². The molecule has 0 amide bonds. The SMILES string of the molecule is COC[C@@H](C)n1c(C)cc(C(=O)c2ccccc2)c1C. The second-order valence-electron chi connectivity index (χ2n) is 5.15. The number of nitrogens with zero attached hydrogens (tertiary/aromatic N) is 1. The molecular weight excluding hydrogens is 250 g/mol. The van der Waals surface area contributed by atoms with Crippen LogP contribution in [0.25, 0.3) is 0 Å². The van der Waals surface area contributed by atoms with Gasteiger partial charge in [-0.05, 0) is 26.8 Å². The standard InChI is InChI=1S/C17H21NO2/c1-12-10-16(14(3)18(12)13(2)11-20-4)17(19)15-8-6-5-7-9-15/h5-10,13H,11H2,1-4H3/t13-/m1/s1. The molecule has 1 heterocycles. The predicted octanol–water partition coefficient (Wildman–Crippen LogP) is 3.54. The van der Waals surface area contributed by atoms with E-state index in [0.29, 0.717) is 6.61 Å². The molecule has 0 aliphatic carbocycles. The van der Waals surface area contributed by atoms with Crippen LogP contribution in [0.2, 0.25) is 0 Å². The van der Waals surface area contributed by atoms with Gasteiger partial charge in [0, 0.05) is 29.6 Å². The molecule has 0 unspecified atom stereocenters. The maximum absolute atomic E-state index is 12.6. The van der Waals surface area contributed by atoms with Gasteiger partial charge in [0.25, 0.3) is 0 Å². The molecule has 0 saturated carbocycles. The van der Waals surface area contributed by atoms with Crippen LogP contribution < -0.4 is 0 Å². The van der Waals surface area contributed by atoms with E-state index in [1.165, 1.54) is 0 Å². The van der Waals surface area contributed by atoms with Gasteiger partial charge in [0.2, 0.25) is 0 Å². The van der Waals surface area contributed by atoms with Crippen molar-refractivity contribution in [3.63, 3.8) is 0 Å². The highest BCUT2D eigenvalue weighted by atomic mass is 16.5. The fourth-order valence-corrected chi connectivity index (χ4v) is 2.75. The van der Waals surface area contributed by atoms with Crippen LogP contribution in [0.3, 0.4) is 0 Å². The Hall–Kier alpha value is -1.87. The lowest BCUT2D eigenvalue weighted by Crippen LogP contribution is -2.14. The molecular formula is C17H21NO2. The average molecular weight is 271 g/mol. The minimum Gasteiger partial charge on any atom is -0.383 e. The van der Waals surface area contributed by atoms with Gasteiger partial charge in [-0.3, -0.25) is 4.79 Å². The molecule has 0 fully saturated rings. The van der Waals surface area contributed by atoms with E-state index in [4.69, 9.17) is 4.74 Å². The lowest BCUT2D eigenvalue weighted by atomic mass is 10.0. The van der Waals surface area contributed by atoms with E-state index in [9.17, 15) is 4.79 Å². The van der Waals surface area contributed by atoms with E-state index in [-0.39, 0.29) is 11.8 Å². The molecule has 3 heteroatoms. The van der Waals surface area contributed by atoms with E-state index in [0.717, 1.165) is 22.5 Å². The Morgan fingerprint density at radius 1 is 1.25 bits per heavy atom. The summed E-state index contributed by atoms with van der Waals surface area (Å²) in [4.78, 5) is 12.6. The molecule has 0 aliphatic heterocycles. The monoisotopic (exact) mass is 271 g/mol. The van der Waals surface area contributed by atoms with Gasteiger partial charge < -0.3 is 9.30 Å². The van der Waals surface area contributed by atoms with Crippen LogP contribution in [-0.4, -0.2) is 24.1 Å². The first kappa shape index (κ1) is 14.5. The van der Waals surface area contributed by atoms with Crippen molar-refractivity contribution in [2.24, 2.45) is 0 Å². The molecule has 1 atom stereocenters. The summed E-state index contributed by atoms with van der Waals surface area (Å²) in [6.07, 6.45) is 0. The van der Waals surface area contributed by atoms with Gasteiger partial charge >= 0.3 is 0 Å². The van der Waals surface area contributed by atoms with Crippen molar-refractivity contribution in [1.29, 1.82) is 0 Å². The minimum atomic E-state index is 0.0783. The summed E-state index contributed by atoms with van der Waals surface area (Å²) < 4.78 is 7.38. The highest BCUT2D eigenvalue weighted by Gasteiger charge is 2.19. The van der Waals surface area contributed by atoms with E-state index >= 15 is 0 Å². The third kappa shape index (κ3) is 2.68. The van der Waals surface area contributed by atoms with Crippen LogP contribution in [0.1, 0.15) is 40.3 Å². The van der Waals surface area contributed by atoms with Gasteiger partial charge in [0.1, 0.15) is 0 Å². The Bertz CT molecular complexity index is 599. The van der Waals surface area contributed by atoms with Crippen LogP contribution in [-0.2, 0) is 4.74 Å². The van der Waals surface area contributed by atoms with Gasteiger partial charge in [0.05, 0.1) is 12.6 Å². The molecule has 0 saturated heterocycles. The van der Waals surface area contributed by atoms with Crippen LogP contribution in [0.4, 0.5) is 0 Å². The van der Waals surface area contributed by atoms with E-state index in [1.807, 2.05) is 50.2 Å². The number of methoxy groups -OCH3 is 1.